The van der Waals surface area contributed by atoms with Crippen LogP contribution in [0.3, 0.4) is 0 Å². The van der Waals surface area contributed by atoms with Crippen LogP contribution in [0.4, 0.5) is 5.69 Å². The zero-order valence-corrected chi connectivity index (χ0v) is 13.7. The molecule has 2 atom stereocenters. The number of nitrogens with two attached hydrogens (primary N) is 1. The van der Waals surface area contributed by atoms with Crippen molar-refractivity contribution in [1.29, 1.82) is 0 Å². The normalized spacial score (nSPS) is 21.8. The Bertz CT molecular complexity index is 554. The molecule has 22 heavy (non-hydrogen) atoms. The van der Waals surface area contributed by atoms with E-state index in [1.807, 2.05) is 19.1 Å². The SMILES string of the molecule is CCNC(C)[C@@H]1C/C=C\COc2ccc(N)c(n2)C(C)=NC1. The van der Waals surface area contributed by atoms with Crippen LogP contribution in [-0.2, 0) is 0 Å². The fourth-order valence-corrected chi connectivity index (χ4v) is 2.55. The summed E-state index contributed by atoms with van der Waals surface area (Å²) >= 11 is 0. The molecule has 2 rings (SSSR count). The lowest BCUT2D eigenvalue weighted by molar-refractivity contribution is 0.346. The number of allylic oxidation sites excluding steroid dienone is 1. The van der Waals surface area contributed by atoms with E-state index < -0.39 is 0 Å². The summed E-state index contributed by atoms with van der Waals surface area (Å²) in [4.78, 5) is 9.19. The summed E-state index contributed by atoms with van der Waals surface area (Å²) in [5.74, 6) is 1.02. The van der Waals surface area contributed by atoms with Crippen molar-refractivity contribution in [2.45, 2.75) is 33.2 Å². The number of aromatic nitrogens is 1. The van der Waals surface area contributed by atoms with Crippen LogP contribution < -0.4 is 15.8 Å². The molecule has 0 amide bonds. The first-order chi connectivity index (χ1) is 10.6. The number of hydrogen-bond donors (Lipinski definition) is 2. The number of nitrogens with zero attached hydrogens (tertiary/aromatic N) is 2. The molecule has 2 heterocycles. The van der Waals surface area contributed by atoms with Gasteiger partial charge in [0.1, 0.15) is 12.3 Å². The smallest absolute Gasteiger partial charge is 0.214 e. The van der Waals surface area contributed by atoms with Crippen molar-refractivity contribution < 1.29 is 4.74 Å². The van der Waals surface area contributed by atoms with Gasteiger partial charge >= 0.3 is 0 Å². The van der Waals surface area contributed by atoms with Gasteiger partial charge in [0.25, 0.3) is 0 Å². The second-order valence-electron chi connectivity index (χ2n) is 5.64. The number of nitrogen functional groups attached to an aromatic ring is 1. The number of ether oxygens (including phenoxy) is 1. The molecule has 5 nitrogen and oxygen atoms in total. The van der Waals surface area contributed by atoms with Gasteiger partial charge in [-0.1, -0.05) is 19.1 Å². The number of hydrogen-bond acceptors (Lipinski definition) is 5. The van der Waals surface area contributed by atoms with Gasteiger partial charge in [-0.25, -0.2) is 4.98 Å². The van der Waals surface area contributed by atoms with E-state index in [1.54, 1.807) is 6.07 Å². The fraction of sp³-hybridized carbons (Fsp3) is 0.529. The predicted molar refractivity (Wildman–Crippen MR) is 91.6 cm³/mol. The third kappa shape index (κ3) is 4.31. The number of fused-ring (bicyclic) bond motifs is 2. The Morgan fingerprint density at radius 3 is 3.00 bits per heavy atom. The summed E-state index contributed by atoms with van der Waals surface area (Å²) in [5.41, 5.74) is 8.24. The quantitative estimate of drug-likeness (QED) is 0.841. The van der Waals surface area contributed by atoms with Gasteiger partial charge in [-0.15, -0.1) is 0 Å². The van der Waals surface area contributed by atoms with E-state index in [0.29, 0.717) is 30.1 Å². The molecular weight excluding hydrogens is 276 g/mol. The van der Waals surface area contributed by atoms with Crippen LogP contribution >= 0.6 is 0 Å². The van der Waals surface area contributed by atoms with Crippen LogP contribution in [0.15, 0.2) is 29.3 Å². The van der Waals surface area contributed by atoms with Gasteiger partial charge in [-0.05, 0) is 38.8 Å². The van der Waals surface area contributed by atoms with Crippen LogP contribution in [-0.4, -0.2) is 36.4 Å². The molecule has 0 radical (unpaired) electrons. The number of nitrogens with one attached hydrogen (secondary N) is 1. The predicted octanol–water partition coefficient (Wildman–Crippen LogP) is 2.43. The molecule has 5 heteroatoms. The van der Waals surface area contributed by atoms with Crippen molar-refractivity contribution in [2.75, 3.05) is 25.4 Å². The van der Waals surface area contributed by atoms with Crippen molar-refractivity contribution in [3.8, 4) is 5.88 Å². The maximum atomic E-state index is 6.02. The van der Waals surface area contributed by atoms with Crippen molar-refractivity contribution in [2.24, 2.45) is 10.9 Å². The van der Waals surface area contributed by atoms with Crippen molar-refractivity contribution in [1.82, 2.24) is 10.3 Å². The van der Waals surface area contributed by atoms with Gasteiger partial charge in [0, 0.05) is 18.7 Å². The molecule has 1 aliphatic heterocycles. The molecule has 0 saturated heterocycles. The lowest BCUT2D eigenvalue weighted by atomic mass is 9.97. The maximum absolute atomic E-state index is 6.02. The van der Waals surface area contributed by atoms with Gasteiger partial charge in [0.15, 0.2) is 0 Å². The monoisotopic (exact) mass is 302 g/mol. The molecule has 3 N–H and O–H groups in total. The number of rotatable bonds is 3. The summed E-state index contributed by atoms with van der Waals surface area (Å²) < 4.78 is 5.64. The average Bonchev–Trinajstić information content (AvgIpc) is 2.50. The third-order valence-corrected chi connectivity index (χ3v) is 3.97. The first kappa shape index (κ1) is 16.5. The number of anilines is 1. The Balaban J connectivity index is 2.27. The van der Waals surface area contributed by atoms with Crippen LogP contribution in [0.5, 0.6) is 5.88 Å². The van der Waals surface area contributed by atoms with Crippen molar-refractivity contribution in [3.63, 3.8) is 0 Å². The summed E-state index contributed by atoms with van der Waals surface area (Å²) in [5, 5.41) is 3.48. The van der Waals surface area contributed by atoms with E-state index in [4.69, 9.17) is 15.5 Å². The lowest BCUT2D eigenvalue weighted by Gasteiger charge is -2.22. The second-order valence-corrected chi connectivity index (χ2v) is 5.64. The fourth-order valence-electron chi connectivity index (χ4n) is 2.55. The minimum absolute atomic E-state index is 0.409. The highest BCUT2D eigenvalue weighted by molar-refractivity contribution is 6.01. The van der Waals surface area contributed by atoms with Crippen molar-refractivity contribution in [3.05, 3.63) is 30.0 Å². The summed E-state index contributed by atoms with van der Waals surface area (Å²) in [7, 11) is 0. The Morgan fingerprint density at radius 1 is 1.41 bits per heavy atom. The van der Waals surface area contributed by atoms with E-state index in [9.17, 15) is 0 Å². The lowest BCUT2D eigenvalue weighted by Crippen LogP contribution is -2.35. The molecule has 0 saturated carbocycles. The molecule has 0 aromatic carbocycles. The molecule has 0 aliphatic carbocycles. The highest BCUT2D eigenvalue weighted by Crippen LogP contribution is 2.18. The van der Waals surface area contributed by atoms with Crippen LogP contribution in [0, 0.1) is 5.92 Å². The molecule has 0 spiro atoms. The van der Waals surface area contributed by atoms with E-state index in [-0.39, 0.29) is 0 Å². The van der Waals surface area contributed by atoms with Crippen LogP contribution in [0.1, 0.15) is 32.9 Å². The highest BCUT2D eigenvalue weighted by atomic mass is 16.5. The maximum Gasteiger partial charge on any atom is 0.214 e. The minimum atomic E-state index is 0.409. The molecule has 1 aromatic rings. The first-order valence-electron chi connectivity index (χ1n) is 7.91. The van der Waals surface area contributed by atoms with Crippen LogP contribution in [0.2, 0.25) is 0 Å². The molecule has 120 valence electrons. The second kappa shape index (κ2) is 7.94. The number of aliphatic imine (C=N–C) groups is 1. The highest BCUT2D eigenvalue weighted by Gasteiger charge is 2.16. The summed E-state index contributed by atoms with van der Waals surface area (Å²) in [6.07, 6.45) is 5.19. The van der Waals surface area contributed by atoms with E-state index in [0.717, 1.165) is 30.9 Å². The first-order valence-corrected chi connectivity index (χ1v) is 7.91. The molecule has 0 fully saturated rings. The Morgan fingerprint density at radius 2 is 2.23 bits per heavy atom. The summed E-state index contributed by atoms with van der Waals surface area (Å²) in [6, 6.07) is 4.03. The average molecular weight is 302 g/mol. The van der Waals surface area contributed by atoms with Gasteiger partial charge in [0.05, 0.1) is 11.4 Å². The molecular formula is C17H26N4O. The largest absolute Gasteiger partial charge is 0.473 e. The van der Waals surface area contributed by atoms with E-state index in [2.05, 4.69) is 30.2 Å². The summed E-state index contributed by atoms with van der Waals surface area (Å²) in [6.45, 7) is 8.54. The van der Waals surface area contributed by atoms with E-state index >= 15 is 0 Å². The third-order valence-electron chi connectivity index (χ3n) is 3.97. The van der Waals surface area contributed by atoms with Gasteiger partial charge < -0.3 is 15.8 Å². The Hall–Kier alpha value is -1.88. The van der Waals surface area contributed by atoms with Gasteiger partial charge in [0.2, 0.25) is 5.88 Å². The molecule has 1 unspecified atom stereocenters. The molecule has 1 aliphatic rings. The Kier molecular flexibility index (Phi) is 5.95. The zero-order valence-electron chi connectivity index (χ0n) is 13.7. The zero-order chi connectivity index (χ0) is 15.9. The standard InChI is InChI=1S/C17H26N4O/c1-4-19-12(2)14-7-5-6-10-22-16-9-8-15(18)17(21-16)13(3)20-11-14/h5-6,8-9,12,14,19H,4,7,10-11,18H2,1-3H3/b6-5-,20-13?/t12?,14-/m1/s1. The Labute approximate surface area is 132 Å². The van der Waals surface area contributed by atoms with Crippen molar-refractivity contribution >= 4 is 11.4 Å². The number of pyridine rings is 1. The topological polar surface area (TPSA) is 72.5 Å². The minimum Gasteiger partial charge on any atom is -0.473 e. The van der Waals surface area contributed by atoms with Gasteiger partial charge in [-0.2, -0.15) is 0 Å². The van der Waals surface area contributed by atoms with Gasteiger partial charge in [-0.3, -0.25) is 4.99 Å². The van der Waals surface area contributed by atoms with E-state index in [1.165, 1.54) is 0 Å². The molecule has 2 bridgehead atoms. The molecule has 1 aromatic heterocycles. The van der Waals surface area contributed by atoms with Crippen LogP contribution in [0.25, 0.3) is 0 Å².